The number of hydrogen-bond donors (Lipinski definition) is 0. The van der Waals surface area contributed by atoms with Gasteiger partial charge in [-0.05, 0) is 24.6 Å². The molecule has 16 heavy (non-hydrogen) atoms. The third-order valence-electron chi connectivity index (χ3n) is 3.29. The Morgan fingerprint density at radius 2 is 1.75 bits per heavy atom. The van der Waals surface area contributed by atoms with E-state index in [1.54, 1.807) is 6.07 Å². The number of carbonyl (C=O) groups excluding carboxylic acids is 2. The van der Waals surface area contributed by atoms with Crippen LogP contribution in [0.15, 0.2) is 18.2 Å². The second kappa shape index (κ2) is 3.07. The molecule has 4 nitrogen and oxygen atoms in total. The Bertz CT molecular complexity index is 492. The van der Waals surface area contributed by atoms with Crippen molar-refractivity contribution in [1.29, 1.82) is 0 Å². The number of fused-ring (bicyclic) bond motifs is 1. The van der Waals surface area contributed by atoms with Crippen LogP contribution in [0.2, 0.25) is 0 Å². The molecule has 1 aromatic carbocycles. The fourth-order valence-corrected chi connectivity index (χ4v) is 2.12. The van der Waals surface area contributed by atoms with Crippen LogP contribution >= 0.6 is 0 Å². The zero-order valence-electron chi connectivity index (χ0n) is 9.06. The molecule has 82 valence electrons. The lowest BCUT2D eigenvalue weighted by Crippen LogP contribution is -2.37. The Morgan fingerprint density at radius 1 is 1.06 bits per heavy atom. The molecule has 1 saturated heterocycles. The molecular formula is C12H12N2O2. The largest absolute Gasteiger partial charge is 0.371 e. The van der Waals surface area contributed by atoms with Crippen molar-refractivity contribution in [2.45, 2.75) is 6.42 Å². The maximum Gasteiger partial charge on any atom is 0.261 e. The van der Waals surface area contributed by atoms with Crippen LogP contribution < -0.4 is 4.90 Å². The Hall–Kier alpha value is -1.84. The van der Waals surface area contributed by atoms with Gasteiger partial charge < -0.3 is 4.90 Å². The number of nitrogens with zero attached hydrogens (tertiary/aromatic N) is 2. The lowest BCUT2D eigenvalue weighted by Gasteiger charge is -2.33. The highest BCUT2D eigenvalue weighted by atomic mass is 16.2. The minimum atomic E-state index is -0.199. The molecule has 2 aliphatic heterocycles. The molecule has 0 spiro atoms. The Labute approximate surface area is 93.5 Å². The summed E-state index contributed by atoms with van der Waals surface area (Å²) in [5, 5.41) is 0. The predicted molar refractivity (Wildman–Crippen MR) is 59.7 cm³/mol. The van der Waals surface area contributed by atoms with E-state index < -0.39 is 0 Å². The summed E-state index contributed by atoms with van der Waals surface area (Å²) in [6, 6.07) is 5.51. The van der Waals surface area contributed by atoms with E-state index in [2.05, 4.69) is 4.90 Å². The van der Waals surface area contributed by atoms with Crippen LogP contribution in [0.25, 0.3) is 0 Å². The zero-order valence-corrected chi connectivity index (χ0v) is 9.06. The van der Waals surface area contributed by atoms with Gasteiger partial charge in [0.25, 0.3) is 11.8 Å². The summed E-state index contributed by atoms with van der Waals surface area (Å²) in [6.07, 6.45) is 1.20. The Kier molecular flexibility index (Phi) is 1.80. The molecule has 2 amide bonds. The predicted octanol–water partition coefficient (Wildman–Crippen LogP) is 1.12. The molecule has 0 N–H and O–H groups in total. The van der Waals surface area contributed by atoms with Gasteiger partial charge in [-0.25, -0.2) is 0 Å². The number of benzene rings is 1. The SMILES string of the molecule is CN1C(=O)c2ccc(N3CCC3)cc2C1=O. The highest BCUT2D eigenvalue weighted by molar-refractivity contribution is 6.21. The van der Waals surface area contributed by atoms with Gasteiger partial charge in [0.2, 0.25) is 0 Å². The summed E-state index contributed by atoms with van der Waals surface area (Å²) in [6.45, 7) is 2.08. The van der Waals surface area contributed by atoms with Gasteiger partial charge >= 0.3 is 0 Å². The second-order valence-corrected chi connectivity index (χ2v) is 4.24. The average Bonchev–Trinajstić information content (AvgIpc) is 2.42. The Balaban J connectivity index is 2.06. The zero-order chi connectivity index (χ0) is 11.3. The summed E-state index contributed by atoms with van der Waals surface area (Å²) >= 11 is 0. The minimum Gasteiger partial charge on any atom is -0.371 e. The third-order valence-corrected chi connectivity index (χ3v) is 3.29. The molecule has 3 rings (SSSR count). The molecule has 2 aliphatic rings. The number of rotatable bonds is 1. The fourth-order valence-electron chi connectivity index (χ4n) is 2.12. The average molecular weight is 216 g/mol. The van der Waals surface area contributed by atoms with Gasteiger partial charge in [-0.15, -0.1) is 0 Å². The molecule has 0 radical (unpaired) electrons. The number of imide groups is 1. The first-order chi connectivity index (χ1) is 7.68. The number of carbonyl (C=O) groups is 2. The monoisotopic (exact) mass is 216 g/mol. The maximum absolute atomic E-state index is 11.8. The van der Waals surface area contributed by atoms with Crippen molar-refractivity contribution in [3.8, 4) is 0 Å². The van der Waals surface area contributed by atoms with Gasteiger partial charge in [-0.2, -0.15) is 0 Å². The van der Waals surface area contributed by atoms with Gasteiger partial charge in [0, 0.05) is 25.8 Å². The molecule has 0 bridgehead atoms. The van der Waals surface area contributed by atoms with Gasteiger partial charge in [0.05, 0.1) is 11.1 Å². The van der Waals surface area contributed by atoms with Crippen molar-refractivity contribution in [1.82, 2.24) is 4.90 Å². The van der Waals surface area contributed by atoms with Crippen molar-refractivity contribution >= 4 is 17.5 Å². The first-order valence-corrected chi connectivity index (χ1v) is 5.40. The second-order valence-electron chi connectivity index (χ2n) is 4.24. The van der Waals surface area contributed by atoms with E-state index in [-0.39, 0.29) is 11.8 Å². The first kappa shape index (κ1) is 9.39. The number of anilines is 1. The molecule has 1 aromatic rings. The summed E-state index contributed by atoms with van der Waals surface area (Å²) in [7, 11) is 1.52. The highest BCUT2D eigenvalue weighted by Crippen LogP contribution is 2.28. The van der Waals surface area contributed by atoms with Gasteiger partial charge in [-0.3, -0.25) is 14.5 Å². The standard InChI is InChI=1S/C12H12N2O2/c1-13-11(15)9-4-3-8(14-5-2-6-14)7-10(9)12(13)16/h3-4,7H,2,5-6H2,1H3. The quantitative estimate of drug-likeness (QED) is 0.660. The summed E-state index contributed by atoms with van der Waals surface area (Å²) in [4.78, 5) is 26.8. The van der Waals surface area contributed by atoms with Crippen molar-refractivity contribution in [2.24, 2.45) is 0 Å². The molecule has 1 fully saturated rings. The molecule has 2 heterocycles. The summed E-state index contributed by atoms with van der Waals surface area (Å²) in [5.41, 5.74) is 2.11. The van der Waals surface area contributed by atoms with E-state index in [0.717, 1.165) is 18.8 Å². The normalized spacial score (nSPS) is 18.8. The van der Waals surface area contributed by atoms with E-state index in [4.69, 9.17) is 0 Å². The van der Waals surface area contributed by atoms with E-state index in [1.807, 2.05) is 12.1 Å². The van der Waals surface area contributed by atoms with Crippen molar-refractivity contribution in [2.75, 3.05) is 25.0 Å². The van der Waals surface area contributed by atoms with Gasteiger partial charge in [0.1, 0.15) is 0 Å². The molecule has 0 aromatic heterocycles. The van der Waals surface area contributed by atoms with Gasteiger partial charge in [-0.1, -0.05) is 0 Å². The molecular weight excluding hydrogens is 204 g/mol. The van der Waals surface area contributed by atoms with Crippen LogP contribution in [0.4, 0.5) is 5.69 Å². The molecule has 4 heteroatoms. The molecule has 0 unspecified atom stereocenters. The smallest absolute Gasteiger partial charge is 0.261 e. The van der Waals surface area contributed by atoms with E-state index in [0.29, 0.717) is 11.1 Å². The molecule has 0 aliphatic carbocycles. The van der Waals surface area contributed by atoms with Crippen LogP contribution in [0.5, 0.6) is 0 Å². The highest BCUT2D eigenvalue weighted by Gasteiger charge is 2.33. The first-order valence-electron chi connectivity index (χ1n) is 5.40. The maximum atomic E-state index is 11.8. The Morgan fingerprint density at radius 3 is 2.38 bits per heavy atom. The van der Waals surface area contributed by atoms with Crippen molar-refractivity contribution in [3.05, 3.63) is 29.3 Å². The summed E-state index contributed by atoms with van der Waals surface area (Å²) < 4.78 is 0. The third kappa shape index (κ3) is 1.10. The molecule has 0 atom stereocenters. The van der Waals surface area contributed by atoms with Crippen LogP contribution in [-0.4, -0.2) is 36.9 Å². The number of amides is 2. The van der Waals surface area contributed by atoms with Crippen LogP contribution in [0.3, 0.4) is 0 Å². The van der Waals surface area contributed by atoms with Crippen LogP contribution in [0.1, 0.15) is 27.1 Å². The fraction of sp³-hybridized carbons (Fsp3) is 0.333. The van der Waals surface area contributed by atoms with E-state index in [9.17, 15) is 9.59 Å². The van der Waals surface area contributed by atoms with E-state index in [1.165, 1.54) is 18.4 Å². The summed E-state index contributed by atoms with van der Waals surface area (Å²) in [5.74, 6) is -0.391. The minimum absolute atomic E-state index is 0.192. The van der Waals surface area contributed by atoms with Crippen molar-refractivity contribution in [3.63, 3.8) is 0 Å². The topological polar surface area (TPSA) is 40.6 Å². The van der Waals surface area contributed by atoms with Gasteiger partial charge in [0.15, 0.2) is 0 Å². The van der Waals surface area contributed by atoms with E-state index >= 15 is 0 Å². The van der Waals surface area contributed by atoms with Crippen LogP contribution in [0, 0.1) is 0 Å². The lowest BCUT2D eigenvalue weighted by molar-refractivity contribution is 0.0693. The molecule has 0 saturated carbocycles. The number of hydrogen-bond acceptors (Lipinski definition) is 3. The van der Waals surface area contributed by atoms with Crippen molar-refractivity contribution < 1.29 is 9.59 Å². The van der Waals surface area contributed by atoms with Crippen LogP contribution in [-0.2, 0) is 0 Å². The lowest BCUT2D eigenvalue weighted by atomic mass is 10.1.